The first-order valence-corrected chi connectivity index (χ1v) is 6.13. The molecule has 1 aliphatic rings. The van der Waals surface area contributed by atoms with Gasteiger partial charge < -0.3 is 16.0 Å². The van der Waals surface area contributed by atoms with E-state index in [-0.39, 0.29) is 11.5 Å². The predicted octanol–water partition coefficient (Wildman–Crippen LogP) is 2.16. The summed E-state index contributed by atoms with van der Waals surface area (Å²) in [5.74, 6) is 0.271. The number of nitrogens with zero attached hydrogens (tertiary/aromatic N) is 1. The lowest BCUT2D eigenvalue weighted by Crippen LogP contribution is -2.35. The van der Waals surface area contributed by atoms with Gasteiger partial charge in [0.2, 0.25) is 0 Å². The summed E-state index contributed by atoms with van der Waals surface area (Å²) < 4.78 is 13.2. The number of piperidine rings is 1. The molecular formula is C13H20FN3. The van der Waals surface area contributed by atoms with Gasteiger partial charge in [0.05, 0.1) is 11.4 Å². The zero-order chi connectivity index (χ0) is 12.3. The van der Waals surface area contributed by atoms with Crippen LogP contribution in [0.1, 0.15) is 12.8 Å². The Labute approximate surface area is 102 Å². The first kappa shape index (κ1) is 12.2. The third-order valence-electron chi connectivity index (χ3n) is 3.36. The molecule has 4 heteroatoms. The molecule has 0 bridgehead atoms. The standard InChI is InChI=1S/C13H20FN3/c1-17-7-3-4-10(9-17)8-16-12-6-2-5-11(14)13(12)15/h2,5-6,10,16H,3-4,7-9,15H2,1H3. The fourth-order valence-electron chi connectivity index (χ4n) is 2.39. The number of nitrogens with one attached hydrogen (secondary N) is 1. The highest BCUT2D eigenvalue weighted by Crippen LogP contribution is 2.22. The van der Waals surface area contributed by atoms with E-state index in [1.54, 1.807) is 6.07 Å². The van der Waals surface area contributed by atoms with E-state index in [0.717, 1.165) is 13.1 Å². The first-order valence-electron chi connectivity index (χ1n) is 6.13. The van der Waals surface area contributed by atoms with Crippen LogP contribution < -0.4 is 11.1 Å². The highest BCUT2D eigenvalue weighted by atomic mass is 19.1. The largest absolute Gasteiger partial charge is 0.395 e. The fourth-order valence-corrected chi connectivity index (χ4v) is 2.39. The summed E-state index contributed by atoms with van der Waals surface area (Å²) in [6.45, 7) is 3.14. The number of likely N-dealkylation sites (tertiary alicyclic amines) is 1. The molecule has 2 rings (SSSR count). The van der Waals surface area contributed by atoms with Crippen LogP contribution in [0, 0.1) is 11.7 Å². The molecular weight excluding hydrogens is 217 g/mol. The van der Waals surface area contributed by atoms with Gasteiger partial charge in [0, 0.05) is 13.1 Å². The zero-order valence-electron chi connectivity index (χ0n) is 10.2. The number of hydrogen-bond acceptors (Lipinski definition) is 3. The molecule has 0 radical (unpaired) electrons. The van der Waals surface area contributed by atoms with Crippen LogP contribution in [0.5, 0.6) is 0 Å². The minimum absolute atomic E-state index is 0.219. The average molecular weight is 237 g/mol. The van der Waals surface area contributed by atoms with Gasteiger partial charge in [0.15, 0.2) is 0 Å². The maximum atomic E-state index is 13.2. The highest BCUT2D eigenvalue weighted by molar-refractivity contribution is 5.66. The molecule has 0 amide bonds. The van der Waals surface area contributed by atoms with Crippen LogP contribution in [0.4, 0.5) is 15.8 Å². The van der Waals surface area contributed by atoms with Gasteiger partial charge in [0.1, 0.15) is 5.82 Å². The van der Waals surface area contributed by atoms with Gasteiger partial charge >= 0.3 is 0 Å². The van der Waals surface area contributed by atoms with Crippen molar-refractivity contribution >= 4 is 11.4 Å². The summed E-state index contributed by atoms with van der Waals surface area (Å²) in [5.41, 5.74) is 6.60. The molecule has 1 unspecified atom stereocenters. The summed E-state index contributed by atoms with van der Waals surface area (Å²) >= 11 is 0. The maximum Gasteiger partial charge on any atom is 0.148 e. The quantitative estimate of drug-likeness (QED) is 0.792. The van der Waals surface area contributed by atoms with E-state index in [4.69, 9.17) is 5.73 Å². The van der Waals surface area contributed by atoms with E-state index in [1.807, 2.05) is 6.07 Å². The fraction of sp³-hybridized carbons (Fsp3) is 0.538. The Kier molecular flexibility index (Phi) is 3.84. The average Bonchev–Trinajstić information content (AvgIpc) is 2.31. The predicted molar refractivity (Wildman–Crippen MR) is 69.5 cm³/mol. The van der Waals surface area contributed by atoms with E-state index < -0.39 is 0 Å². The van der Waals surface area contributed by atoms with Crippen molar-refractivity contribution in [3.05, 3.63) is 24.0 Å². The molecule has 1 heterocycles. The number of hydrogen-bond donors (Lipinski definition) is 2. The lowest BCUT2D eigenvalue weighted by Gasteiger charge is -2.30. The summed E-state index contributed by atoms with van der Waals surface area (Å²) in [5, 5.41) is 3.25. The molecule has 1 atom stereocenters. The third-order valence-corrected chi connectivity index (χ3v) is 3.36. The number of halogens is 1. The summed E-state index contributed by atoms with van der Waals surface area (Å²) in [4.78, 5) is 2.34. The van der Waals surface area contributed by atoms with E-state index in [2.05, 4.69) is 17.3 Å². The third kappa shape index (κ3) is 3.09. The Morgan fingerprint density at radius 2 is 2.35 bits per heavy atom. The minimum Gasteiger partial charge on any atom is -0.395 e. The number of anilines is 2. The molecule has 1 aliphatic heterocycles. The van der Waals surface area contributed by atoms with Crippen molar-refractivity contribution in [2.45, 2.75) is 12.8 Å². The van der Waals surface area contributed by atoms with Gasteiger partial charge in [-0.25, -0.2) is 4.39 Å². The van der Waals surface area contributed by atoms with Crippen molar-refractivity contribution in [2.24, 2.45) is 5.92 Å². The number of para-hydroxylation sites is 1. The molecule has 0 aromatic heterocycles. The Morgan fingerprint density at radius 1 is 1.53 bits per heavy atom. The normalized spacial score (nSPS) is 21.4. The van der Waals surface area contributed by atoms with E-state index in [0.29, 0.717) is 11.6 Å². The highest BCUT2D eigenvalue weighted by Gasteiger charge is 2.17. The molecule has 94 valence electrons. The van der Waals surface area contributed by atoms with Gasteiger partial charge in [-0.2, -0.15) is 0 Å². The van der Waals surface area contributed by atoms with Crippen LogP contribution in [0.25, 0.3) is 0 Å². The molecule has 1 aromatic rings. The number of nitrogens with two attached hydrogens (primary N) is 1. The van der Waals surface area contributed by atoms with Gasteiger partial charge in [-0.1, -0.05) is 6.07 Å². The second kappa shape index (κ2) is 5.36. The van der Waals surface area contributed by atoms with Crippen molar-refractivity contribution < 1.29 is 4.39 Å². The van der Waals surface area contributed by atoms with Crippen molar-refractivity contribution in [3.8, 4) is 0 Å². The lowest BCUT2D eigenvalue weighted by molar-refractivity contribution is 0.217. The zero-order valence-corrected chi connectivity index (χ0v) is 10.2. The Morgan fingerprint density at radius 3 is 3.12 bits per heavy atom. The summed E-state index contributed by atoms with van der Waals surface area (Å²) in [7, 11) is 2.14. The number of rotatable bonds is 3. The van der Waals surface area contributed by atoms with Crippen LogP contribution in [0.2, 0.25) is 0 Å². The summed E-state index contributed by atoms with van der Waals surface area (Å²) in [6.07, 6.45) is 2.47. The molecule has 17 heavy (non-hydrogen) atoms. The molecule has 3 nitrogen and oxygen atoms in total. The molecule has 1 fully saturated rings. The van der Waals surface area contributed by atoms with Crippen LogP contribution in [-0.4, -0.2) is 31.6 Å². The second-order valence-electron chi connectivity index (χ2n) is 4.85. The van der Waals surface area contributed by atoms with E-state index >= 15 is 0 Å². The Hall–Kier alpha value is -1.29. The molecule has 0 aliphatic carbocycles. The molecule has 0 spiro atoms. The van der Waals surface area contributed by atoms with Crippen LogP contribution in [0.15, 0.2) is 18.2 Å². The van der Waals surface area contributed by atoms with Crippen molar-refractivity contribution in [2.75, 3.05) is 37.7 Å². The van der Waals surface area contributed by atoms with Crippen molar-refractivity contribution in [3.63, 3.8) is 0 Å². The maximum absolute atomic E-state index is 13.2. The smallest absolute Gasteiger partial charge is 0.148 e. The first-order chi connectivity index (χ1) is 8.16. The van der Waals surface area contributed by atoms with E-state index in [9.17, 15) is 4.39 Å². The molecule has 1 aromatic carbocycles. The Balaban J connectivity index is 1.91. The van der Waals surface area contributed by atoms with E-state index in [1.165, 1.54) is 25.5 Å². The van der Waals surface area contributed by atoms with Gasteiger partial charge in [-0.05, 0) is 44.5 Å². The van der Waals surface area contributed by atoms with Gasteiger partial charge in [-0.3, -0.25) is 0 Å². The SMILES string of the molecule is CN1CCCC(CNc2cccc(F)c2N)C1. The molecule has 1 saturated heterocycles. The molecule has 0 saturated carbocycles. The van der Waals surface area contributed by atoms with Crippen molar-refractivity contribution in [1.82, 2.24) is 4.90 Å². The van der Waals surface area contributed by atoms with Gasteiger partial charge in [-0.15, -0.1) is 0 Å². The van der Waals surface area contributed by atoms with Crippen LogP contribution >= 0.6 is 0 Å². The second-order valence-corrected chi connectivity index (χ2v) is 4.85. The number of nitrogen functional groups attached to an aromatic ring is 1. The topological polar surface area (TPSA) is 41.3 Å². The van der Waals surface area contributed by atoms with Crippen LogP contribution in [-0.2, 0) is 0 Å². The van der Waals surface area contributed by atoms with Crippen molar-refractivity contribution in [1.29, 1.82) is 0 Å². The number of benzene rings is 1. The monoisotopic (exact) mass is 237 g/mol. The minimum atomic E-state index is -0.351. The Bertz CT molecular complexity index is 381. The summed E-state index contributed by atoms with van der Waals surface area (Å²) in [6, 6.07) is 4.89. The van der Waals surface area contributed by atoms with Gasteiger partial charge in [0.25, 0.3) is 0 Å². The van der Waals surface area contributed by atoms with Crippen LogP contribution in [0.3, 0.4) is 0 Å². The molecule has 3 N–H and O–H groups in total. The lowest BCUT2D eigenvalue weighted by atomic mass is 9.98.